The van der Waals surface area contributed by atoms with E-state index in [-0.39, 0.29) is 5.03 Å². The van der Waals surface area contributed by atoms with Crippen LogP contribution in [-0.4, -0.2) is 36.0 Å². The van der Waals surface area contributed by atoms with E-state index in [1.807, 2.05) is 13.8 Å². The Morgan fingerprint density at radius 2 is 2.20 bits per heavy atom. The molecule has 86 valence electrons. The van der Waals surface area contributed by atoms with Crippen LogP contribution < -0.4 is 0 Å². The van der Waals surface area contributed by atoms with E-state index in [1.54, 1.807) is 0 Å². The molecule has 0 fully saturated rings. The van der Waals surface area contributed by atoms with Gasteiger partial charge in [-0.15, -0.1) is 0 Å². The highest BCUT2D eigenvalue weighted by molar-refractivity contribution is 7.89. The van der Waals surface area contributed by atoms with E-state index in [9.17, 15) is 8.42 Å². The van der Waals surface area contributed by atoms with Crippen molar-refractivity contribution >= 4 is 10.0 Å². The van der Waals surface area contributed by atoms with Gasteiger partial charge in [-0.1, -0.05) is 20.3 Å². The summed E-state index contributed by atoms with van der Waals surface area (Å²) in [5.74, 6) is 0. The maximum atomic E-state index is 12.0. The minimum absolute atomic E-state index is 0.167. The van der Waals surface area contributed by atoms with E-state index in [0.29, 0.717) is 13.1 Å². The topological polar surface area (TPSA) is 66.1 Å². The molecule has 0 aliphatic rings. The third-order valence-corrected chi connectivity index (χ3v) is 4.11. The van der Waals surface area contributed by atoms with Gasteiger partial charge in [0.1, 0.15) is 0 Å². The largest absolute Gasteiger partial charge is 0.266 e. The Kier molecular flexibility index (Phi) is 4.28. The van der Waals surface area contributed by atoms with Crippen molar-refractivity contribution in [2.24, 2.45) is 0 Å². The lowest BCUT2D eigenvalue weighted by Gasteiger charge is -2.18. The van der Waals surface area contributed by atoms with Gasteiger partial charge in [0.15, 0.2) is 5.03 Å². The molecule has 0 radical (unpaired) electrons. The van der Waals surface area contributed by atoms with Gasteiger partial charge in [-0.05, 0) is 12.5 Å². The van der Waals surface area contributed by atoms with Gasteiger partial charge in [-0.3, -0.25) is 5.10 Å². The van der Waals surface area contributed by atoms with E-state index in [0.717, 1.165) is 12.8 Å². The number of aromatic nitrogens is 2. The van der Waals surface area contributed by atoms with Crippen LogP contribution in [0.2, 0.25) is 0 Å². The zero-order chi connectivity index (χ0) is 11.3. The van der Waals surface area contributed by atoms with Crippen LogP contribution in [0, 0.1) is 0 Å². The first-order valence-corrected chi connectivity index (χ1v) is 6.56. The van der Waals surface area contributed by atoms with Crippen molar-refractivity contribution in [2.75, 3.05) is 13.1 Å². The first-order chi connectivity index (χ1) is 7.12. The van der Waals surface area contributed by atoms with Crippen LogP contribution in [0.15, 0.2) is 17.3 Å². The van der Waals surface area contributed by atoms with Gasteiger partial charge in [0.05, 0.1) is 6.20 Å². The average Bonchev–Trinajstić information content (AvgIpc) is 2.72. The lowest BCUT2D eigenvalue weighted by atomic mass is 10.3. The molecule has 0 unspecified atom stereocenters. The van der Waals surface area contributed by atoms with Gasteiger partial charge < -0.3 is 0 Å². The Morgan fingerprint density at radius 3 is 2.67 bits per heavy atom. The van der Waals surface area contributed by atoms with Crippen LogP contribution >= 0.6 is 0 Å². The minimum Gasteiger partial charge on any atom is -0.266 e. The SMILES string of the molecule is CCCCN(CC)S(=O)(=O)c1ccn[nH]1. The normalized spacial score (nSPS) is 12.2. The van der Waals surface area contributed by atoms with Crippen LogP contribution in [0.5, 0.6) is 0 Å². The maximum absolute atomic E-state index is 12.0. The molecule has 0 aromatic carbocycles. The second-order valence-electron chi connectivity index (χ2n) is 3.27. The van der Waals surface area contributed by atoms with Crippen molar-refractivity contribution in [1.82, 2.24) is 14.5 Å². The Labute approximate surface area is 90.5 Å². The predicted octanol–water partition coefficient (Wildman–Crippen LogP) is 1.22. The molecule has 1 N–H and O–H groups in total. The van der Waals surface area contributed by atoms with E-state index in [2.05, 4.69) is 10.2 Å². The molecule has 0 bridgehead atoms. The third-order valence-electron chi connectivity index (χ3n) is 2.21. The number of H-pyrrole nitrogens is 1. The highest BCUT2D eigenvalue weighted by Crippen LogP contribution is 2.12. The Morgan fingerprint density at radius 1 is 1.47 bits per heavy atom. The molecule has 0 spiro atoms. The molecule has 0 amide bonds. The van der Waals surface area contributed by atoms with Crippen LogP contribution in [0.3, 0.4) is 0 Å². The quantitative estimate of drug-likeness (QED) is 0.800. The second-order valence-corrected chi connectivity index (χ2v) is 5.18. The predicted molar refractivity (Wildman–Crippen MR) is 57.9 cm³/mol. The zero-order valence-electron chi connectivity index (χ0n) is 9.10. The molecular weight excluding hydrogens is 214 g/mol. The van der Waals surface area contributed by atoms with Crippen LogP contribution in [-0.2, 0) is 10.0 Å². The molecule has 0 saturated carbocycles. The molecule has 0 atom stereocenters. The number of rotatable bonds is 6. The first-order valence-electron chi connectivity index (χ1n) is 5.12. The fraction of sp³-hybridized carbons (Fsp3) is 0.667. The molecule has 0 saturated heterocycles. The number of unbranched alkanes of at least 4 members (excludes halogenated alkanes) is 1. The maximum Gasteiger partial charge on any atom is 0.259 e. The number of nitrogens with one attached hydrogen (secondary N) is 1. The van der Waals surface area contributed by atoms with E-state index in [1.165, 1.54) is 16.6 Å². The van der Waals surface area contributed by atoms with Crippen molar-refractivity contribution in [2.45, 2.75) is 31.7 Å². The van der Waals surface area contributed by atoms with Crippen molar-refractivity contribution < 1.29 is 8.42 Å². The number of nitrogens with zero attached hydrogens (tertiary/aromatic N) is 2. The molecule has 15 heavy (non-hydrogen) atoms. The standard InChI is InChI=1S/C9H17N3O2S/c1-3-5-8-12(4-2)15(13,14)9-6-7-10-11-9/h6-7H,3-5,8H2,1-2H3,(H,10,11). The molecular formula is C9H17N3O2S. The number of hydrogen-bond donors (Lipinski definition) is 1. The van der Waals surface area contributed by atoms with Crippen LogP contribution in [0.4, 0.5) is 0 Å². The molecule has 1 aromatic rings. The number of hydrogen-bond acceptors (Lipinski definition) is 3. The third kappa shape index (κ3) is 2.79. The number of aromatic amines is 1. The van der Waals surface area contributed by atoms with Gasteiger partial charge in [0, 0.05) is 13.1 Å². The summed E-state index contributed by atoms with van der Waals surface area (Å²) in [5.41, 5.74) is 0. The summed E-state index contributed by atoms with van der Waals surface area (Å²) >= 11 is 0. The molecule has 5 nitrogen and oxygen atoms in total. The average molecular weight is 231 g/mol. The molecule has 1 aromatic heterocycles. The zero-order valence-corrected chi connectivity index (χ0v) is 9.92. The fourth-order valence-electron chi connectivity index (χ4n) is 1.31. The second kappa shape index (κ2) is 5.27. The molecule has 6 heteroatoms. The minimum atomic E-state index is -3.36. The van der Waals surface area contributed by atoms with E-state index < -0.39 is 10.0 Å². The fourth-order valence-corrected chi connectivity index (χ4v) is 2.70. The summed E-state index contributed by atoms with van der Waals surface area (Å²) in [6, 6.07) is 1.48. The van der Waals surface area contributed by atoms with E-state index >= 15 is 0 Å². The summed E-state index contributed by atoms with van der Waals surface area (Å²) in [6.07, 6.45) is 3.30. The van der Waals surface area contributed by atoms with Gasteiger partial charge in [0.2, 0.25) is 0 Å². The highest BCUT2D eigenvalue weighted by atomic mass is 32.2. The lowest BCUT2D eigenvalue weighted by molar-refractivity contribution is 0.417. The molecule has 0 aliphatic heterocycles. The smallest absolute Gasteiger partial charge is 0.259 e. The van der Waals surface area contributed by atoms with Crippen LogP contribution in [0.25, 0.3) is 0 Å². The summed E-state index contributed by atoms with van der Waals surface area (Å²) in [5, 5.41) is 6.31. The summed E-state index contributed by atoms with van der Waals surface area (Å²) in [6.45, 7) is 4.93. The van der Waals surface area contributed by atoms with E-state index in [4.69, 9.17) is 0 Å². The van der Waals surface area contributed by atoms with Gasteiger partial charge >= 0.3 is 0 Å². The highest BCUT2D eigenvalue weighted by Gasteiger charge is 2.23. The molecule has 1 heterocycles. The van der Waals surface area contributed by atoms with Gasteiger partial charge in [-0.25, -0.2) is 8.42 Å². The first kappa shape index (κ1) is 12.2. The Bertz CT molecular complexity index is 372. The van der Waals surface area contributed by atoms with Gasteiger partial charge in [0.25, 0.3) is 10.0 Å². The van der Waals surface area contributed by atoms with Crippen molar-refractivity contribution in [3.8, 4) is 0 Å². The van der Waals surface area contributed by atoms with Crippen molar-refractivity contribution in [3.05, 3.63) is 12.3 Å². The van der Waals surface area contributed by atoms with Crippen molar-refractivity contribution in [3.63, 3.8) is 0 Å². The summed E-state index contributed by atoms with van der Waals surface area (Å²) < 4.78 is 25.4. The Hall–Kier alpha value is -0.880. The summed E-state index contributed by atoms with van der Waals surface area (Å²) in [4.78, 5) is 0. The number of sulfonamides is 1. The van der Waals surface area contributed by atoms with Crippen molar-refractivity contribution in [1.29, 1.82) is 0 Å². The lowest BCUT2D eigenvalue weighted by Crippen LogP contribution is -2.32. The Balaban J connectivity index is 2.83. The molecule has 1 rings (SSSR count). The summed E-state index contributed by atoms with van der Waals surface area (Å²) in [7, 11) is -3.36. The molecule has 0 aliphatic carbocycles. The monoisotopic (exact) mass is 231 g/mol. The van der Waals surface area contributed by atoms with Gasteiger partial charge in [-0.2, -0.15) is 9.40 Å². The van der Waals surface area contributed by atoms with Crippen LogP contribution in [0.1, 0.15) is 26.7 Å².